The smallest absolute Gasteiger partial charge is 0.335 e. The average Bonchev–Trinajstić information content (AvgIpc) is 3.76. The number of piperidine rings is 1. The van der Waals surface area contributed by atoms with E-state index < -0.39 is 5.97 Å². The number of carboxylic acid groups (broad SMARTS) is 1. The predicted molar refractivity (Wildman–Crippen MR) is 176 cm³/mol. The van der Waals surface area contributed by atoms with Crippen molar-refractivity contribution < 1.29 is 19.2 Å². The monoisotopic (exact) mass is 671 g/mol. The largest absolute Gasteiger partial charge is 0.489 e. The van der Waals surface area contributed by atoms with Gasteiger partial charge in [-0.25, -0.2) is 4.79 Å². The van der Waals surface area contributed by atoms with E-state index in [1.54, 1.807) is 48.5 Å². The molecule has 0 radical (unpaired) electrons. The van der Waals surface area contributed by atoms with Gasteiger partial charge in [-0.2, -0.15) is 0 Å². The van der Waals surface area contributed by atoms with E-state index in [4.69, 9.17) is 44.1 Å². The Kier molecular flexibility index (Phi) is 10.3. The number of nitrogens with zero attached hydrogens (tertiary/aromatic N) is 1. The minimum atomic E-state index is -1.01. The first kappa shape index (κ1) is 32.0. The van der Waals surface area contributed by atoms with Crippen molar-refractivity contribution in [1.82, 2.24) is 10.5 Å². The van der Waals surface area contributed by atoms with Crippen LogP contribution in [-0.4, -0.2) is 35.4 Å². The van der Waals surface area contributed by atoms with Crippen LogP contribution in [0.3, 0.4) is 0 Å². The standard InChI is InChI=1S/C33H28Cl3N3O4.ClH/c34-27-2-1-3-28(35)30(27)31-26(32(43-39-31)21-6-7-21)18-42-25-9-8-20(29(36)17-25)5-4-19-14-22(33(40)41)16-24(15-19)38-23-10-12-37-13-11-23;/h1-3,8-9,14-17,21,23,37-38H,6-7,10-13,18H2,(H,40,41);1H. The van der Waals surface area contributed by atoms with Crippen LogP contribution in [0.25, 0.3) is 11.3 Å². The van der Waals surface area contributed by atoms with Crippen LogP contribution in [-0.2, 0) is 6.61 Å². The molecule has 4 aromatic rings. The molecule has 1 aliphatic heterocycles. The van der Waals surface area contributed by atoms with Crippen LogP contribution < -0.4 is 15.4 Å². The summed E-state index contributed by atoms with van der Waals surface area (Å²) in [6.07, 6.45) is 4.00. The molecule has 1 saturated heterocycles. The molecular formula is C33H29Cl4N3O4. The Morgan fingerprint density at radius 2 is 1.75 bits per heavy atom. The predicted octanol–water partition coefficient (Wildman–Crippen LogP) is 8.44. The second-order valence-electron chi connectivity index (χ2n) is 10.7. The van der Waals surface area contributed by atoms with Crippen LogP contribution in [0.5, 0.6) is 5.75 Å². The Hall–Kier alpha value is -3.38. The van der Waals surface area contributed by atoms with Crippen LogP contribution in [0.15, 0.2) is 59.1 Å². The molecule has 0 spiro atoms. The number of carboxylic acids is 1. The van der Waals surface area contributed by atoms with Crippen molar-refractivity contribution in [3.8, 4) is 28.8 Å². The summed E-state index contributed by atoms with van der Waals surface area (Å²) in [5, 5.41) is 22.1. The number of nitrogens with one attached hydrogen (secondary N) is 2. The summed E-state index contributed by atoms with van der Waals surface area (Å²) >= 11 is 19.5. The van der Waals surface area contributed by atoms with Gasteiger partial charge in [-0.15, -0.1) is 12.4 Å². The number of ether oxygens (including phenoxy) is 1. The Morgan fingerprint density at radius 1 is 1.00 bits per heavy atom. The molecule has 7 nitrogen and oxygen atoms in total. The highest BCUT2D eigenvalue weighted by Crippen LogP contribution is 2.46. The van der Waals surface area contributed by atoms with Gasteiger partial charge < -0.3 is 25.0 Å². The first-order valence-corrected chi connectivity index (χ1v) is 15.2. The summed E-state index contributed by atoms with van der Waals surface area (Å²) < 4.78 is 11.9. The molecule has 6 rings (SSSR count). The Balaban J connectivity index is 0.00000384. The van der Waals surface area contributed by atoms with Crippen molar-refractivity contribution in [2.45, 2.75) is 44.2 Å². The summed E-state index contributed by atoms with van der Waals surface area (Å²) in [5.74, 6) is 6.79. The highest BCUT2D eigenvalue weighted by molar-refractivity contribution is 6.39. The summed E-state index contributed by atoms with van der Waals surface area (Å²) in [6, 6.07) is 15.9. The zero-order valence-corrected chi connectivity index (χ0v) is 26.5. The molecule has 3 N–H and O–H groups in total. The molecule has 228 valence electrons. The maximum atomic E-state index is 11.8. The fourth-order valence-corrected chi connectivity index (χ4v) is 5.93. The summed E-state index contributed by atoms with van der Waals surface area (Å²) in [6.45, 7) is 2.06. The lowest BCUT2D eigenvalue weighted by Crippen LogP contribution is -2.35. The van der Waals surface area contributed by atoms with Crippen molar-refractivity contribution in [3.63, 3.8) is 0 Å². The van der Waals surface area contributed by atoms with Crippen molar-refractivity contribution in [1.29, 1.82) is 0 Å². The lowest BCUT2D eigenvalue weighted by Gasteiger charge is -2.25. The third-order valence-corrected chi connectivity index (χ3v) is 8.46. The number of rotatable bonds is 8. The molecule has 1 aliphatic carbocycles. The molecule has 2 heterocycles. The zero-order valence-electron chi connectivity index (χ0n) is 23.5. The summed E-state index contributed by atoms with van der Waals surface area (Å²) in [7, 11) is 0. The van der Waals surface area contributed by atoms with Gasteiger partial charge in [0.2, 0.25) is 0 Å². The van der Waals surface area contributed by atoms with Gasteiger partial charge >= 0.3 is 5.97 Å². The SMILES string of the molecule is Cl.O=C(O)c1cc(C#Cc2ccc(OCc3c(-c4c(Cl)cccc4Cl)noc3C3CC3)cc2Cl)cc(NC2CCNCC2)c1. The van der Waals surface area contributed by atoms with E-state index in [1.807, 2.05) is 6.07 Å². The van der Waals surface area contributed by atoms with Crippen LogP contribution in [0.4, 0.5) is 5.69 Å². The Bertz CT molecular complexity index is 1720. The van der Waals surface area contributed by atoms with Crippen molar-refractivity contribution in [2.75, 3.05) is 18.4 Å². The number of benzene rings is 3. The number of anilines is 1. The van der Waals surface area contributed by atoms with E-state index in [9.17, 15) is 9.90 Å². The third-order valence-electron chi connectivity index (χ3n) is 7.52. The average molecular weight is 673 g/mol. The number of carbonyl (C=O) groups is 1. The number of hydrogen-bond donors (Lipinski definition) is 3. The van der Waals surface area contributed by atoms with Gasteiger partial charge in [0.05, 0.1) is 26.2 Å². The molecule has 0 amide bonds. The molecule has 2 aliphatic rings. The summed E-state index contributed by atoms with van der Waals surface area (Å²) in [5.41, 5.74) is 4.09. The van der Waals surface area contributed by atoms with E-state index >= 15 is 0 Å². The number of halogens is 4. The zero-order chi connectivity index (χ0) is 29.9. The number of aromatic nitrogens is 1. The topological polar surface area (TPSA) is 96.6 Å². The molecule has 0 unspecified atom stereocenters. The second-order valence-corrected chi connectivity index (χ2v) is 11.9. The van der Waals surface area contributed by atoms with E-state index in [1.165, 1.54) is 0 Å². The highest BCUT2D eigenvalue weighted by atomic mass is 35.5. The lowest BCUT2D eigenvalue weighted by atomic mass is 10.0. The van der Waals surface area contributed by atoms with E-state index in [2.05, 4.69) is 27.6 Å². The first-order chi connectivity index (χ1) is 20.9. The molecule has 0 bridgehead atoms. The number of aromatic carboxylic acids is 1. The minimum Gasteiger partial charge on any atom is -0.489 e. The van der Waals surface area contributed by atoms with Gasteiger partial charge in [0, 0.05) is 40.4 Å². The highest BCUT2D eigenvalue weighted by Gasteiger charge is 2.33. The van der Waals surface area contributed by atoms with Crippen LogP contribution in [0.2, 0.25) is 15.1 Å². The van der Waals surface area contributed by atoms with Gasteiger partial charge in [-0.3, -0.25) is 0 Å². The molecule has 2 fully saturated rings. The maximum Gasteiger partial charge on any atom is 0.335 e. The third kappa shape index (κ3) is 7.46. The second kappa shape index (κ2) is 14.2. The molecule has 1 aromatic heterocycles. The minimum absolute atomic E-state index is 0. The fraction of sp³-hybridized carbons (Fsp3) is 0.273. The molecule has 0 atom stereocenters. The Labute approximate surface area is 276 Å². The quantitative estimate of drug-likeness (QED) is 0.162. The number of hydrogen-bond acceptors (Lipinski definition) is 6. The normalized spacial score (nSPS) is 14.7. The molecule has 3 aromatic carbocycles. The van der Waals surface area contributed by atoms with Gasteiger partial charge in [-0.1, -0.05) is 57.9 Å². The van der Waals surface area contributed by atoms with Gasteiger partial charge in [0.15, 0.2) is 0 Å². The van der Waals surface area contributed by atoms with Gasteiger partial charge in [-0.05, 0) is 81.2 Å². The fourth-order valence-electron chi connectivity index (χ4n) is 5.14. The van der Waals surface area contributed by atoms with Crippen LogP contribution in [0.1, 0.15) is 64.4 Å². The van der Waals surface area contributed by atoms with Gasteiger partial charge in [0.25, 0.3) is 0 Å². The van der Waals surface area contributed by atoms with Gasteiger partial charge in [0.1, 0.15) is 23.8 Å². The van der Waals surface area contributed by atoms with E-state index in [0.29, 0.717) is 49.1 Å². The van der Waals surface area contributed by atoms with Crippen LogP contribution in [0, 0.1) is 11.8 Å². The molecule has 11 heteroatoms. The lowest BCUT2D eigenvalue weighted by molar-refractivity contribution is 0.0697. The molecule has 1 saturated carbocycles. The Morgan fingerprint density at radius 3 is 2.43 bits per heavy atom. The van der Waals surface area contributed by atoms with Crippen LogP contribution >= 0.6 is 47.2 Å². The van der Waals surface area contributed by atoms with Crippen molar-refractivity contribution >= 4 is 58.9 Å². The molecule has 44 heavy (non-hydrogen) atoms. The summed E-state index contributed by atoms with van der Waals surface area (Å²) in [4.78, 5) is 11.8. The van der Waals surface area contributed by atoms with E-state index in [-0.39, 0.29) is 30.6 Å². The van der Waals surface area contributed by atoms with E-state index in [0.717, 1.165) is 55.8 Å². The van der Waals surface area contributed by atoms with Crippen molar-refractivity contribution in [3.05, 3.63) is 97.7 Å². The molecular weight excluding hydrogens is 644 g/mol. The van der Waals surface area contributed by atoms with Crippen molar-refractivity contribution in [2.24, 2.45) is 0 Å². The first-order valence-electron chi connectivity index (χ1n) is 14.1. The maximum absolute atomic E-state index is 11.8.